The van der Waals surface area contributed by atoms with Crippen LogP contribution in [0, 0.1) is 5.41 Å². The molecule has 1 aliphatic carbocycles. The van der Waals surface area contributed by atoms with Gasteiger partial charge < -0.3 is 19.3 Å². The number of ether oxygens (including phenoxy) is 2. The van der Waals surface area contributed by atoms with Gasteiger partial charge in [-0.15, -0.1) is 0 Å². The molecule has 1 aliphatic rings. The highest BCUT2D eigenvalue weighted by atomic mass is 19.4. The molecule has 0 radical (unpaired) electrons. The zero-order chi connectivity index (χ0) is 27.9. The van der Waals surface area contributed by atoms with Gasteiger partial charge in [-0.2, -0.15) is 23.3 Å². The van der Waals surface area contributed by atoms with E-state index in [0.29, 0.717) is 5.69 Å². The number of nitrogens with zero attached hydrogens (tertiary/aromatic N) is 4. The Morgan fingerprint density at radius 2 is 1.97 bits per heavy atom. The number of rotatable bonds is 6. The number of hydrogen-bond donors (Lipinski definition) is 1. The van der Waals surface area contributed by atoms with E-state index in [9.17, 15) is 18.0 Å². The van der Waals surface area contributed by atoms with Crippen molar-refractivity contribution in [2.24, 2.45) is 12.5 Å². The van der Waals surface area contributed by atoms with Gasteiger partial charge in [0.25, 0.3) is 5.89 Å². The Balaban J connectivity index is 1.51. The third-order valence-electron chi connectivity index (χ3n) is 6.17. The van der Waals surface area contributed by atoms with Gasteiger partial charge in [0.2, 0.25) is 5.82 Å². The third kappa shape index (κ3) is 6.28. The number of aromatic nitrogens is 4. The molecule has 1 aromatic carbocycles. The first kappa shape index (κ1) is 27.5. The van der Waals surface area contributed by atoms with Crippen LogP contribution in [0.5, 0.6) is 5.75 Å². The molecule has 38 heavy (non-hydrogen) atoms. The summed E-state index contributed by atoms with van der Waals surface area (Å²) in [6.07, 6.45) is -2.74. The fraction of sp³-hybridized carbons (Fsp3) is 0.538. The average Bonchev–Trinajstić information content (AvgIpc) is 3.39. The number of carbonyl (C=O) groups excluding carboxylic acids is 1. The summed E-state index contributed by atoms with van der Waals surface area (Å²) in [6, 6.07) is 3.55. The number of aryl methyl sites for hydroxylation is 1. The number of amides is 1. The van der Waals surface area contributed by atoms with Crippen molar-refractivity contribution < 1.29 is 32.0 Å². The van der Waals surface area contributed by atoms with Crippen LogP contribution in [-0.2, 0) is 30.8 Å². The second-order valence-electron chi connectivity index (χ2n) is 11.1. The molecule has 2 heterocycles. The van der Waals surface area contributed by atoms with E-state index < -0.39 is 23.4 Å². The normalized spacial score (nSPS) is 15.2. The van der Waals surface area contributed by atoms with Gasteiger partial charge in [-0.1, -0.05) is 19.0 Å². The first-order chi connectivity index (χ1) is 17.6. The van der Waals surface area contributed by atoms with Crippen LogP contribution in [0.3, 0.4) is 0 Å². The Hall–Kier alpha value is -3.57. The van der Waals surface area contributed by atoms with E-state index in [1.54, 1.807) is 25.5 Å². The molecule has 206 valence electrons. The maximum absolute atomic E-state index is 13.8. The van der Waals surface area contributed by atoms with E-state index >= 15 is 0 Å². The molecule has 2 aromatic heterocycles. The molecule has 0 spiro atoms. The molecule has 9 nitrogen and oxygen atoms in total. The van der Waals surface area contributed by atoms with Crippen molar-refractivity contribution in [3.63, 3.8) is 0 Å². The quantitative estimate of drug-likeness (QED) is 0.411. The van der Waals surface area contributed by atoms with Gasteiger partial charge in [-0.3, -0.25) is 4.68 Å². The van der Waals surface area contributed by atoms with E-state index in [4.69, 9.17) is 14.0 Å². The van der Waals surface area contributed by atoms with Gasteiger partial charge in [-0.05, 0) is 63.6 Å². The van der Waals surface area contributed by atoms with E-state index in [2.05, 4.69) is 34.4 Å². The van der Waals surface area contributed by atoms with Crippen LogP contribution in [0.1, 0.15) is 57.9 Å². The summed E-state index contributed by atoms with van der Waals surface area (Å²) in [5.41, 5.74) is 1.28. The minimum absolute atomic E-state index is 0.0131. The summed E-state index contributed by atoms with van der Waals surface area (Å²) in [5, 5.41) is 10.9. The highest BCUT2D eigenvalue weighted by molar-refractivity contribution is 5.67. The topological polar surface area (TPSA) is 104 Å². The van der Waals surface area contributed by atoms with Gasteiger partial charge in [0.1, 0.15) is 18.0 Å². The molecule has 3 aromatic rings. The number of alkyl halides is 3. The zero-order valence-electron chi connectivity index (χ0n) is 22.3. The molecule has 0 saturated heterocycles. The Bertz CT molecular complexity index is 1320. The summed E-state index contributed by atoms with van der Waals surface area (Å²) in [7, 11) is 1.86. The standard InChI is InChI=1S/C26H32F3N5O4/c1-24(2,3)37-23(35)30-11-12-36-19-8-7-15(13-17(19)26(27,28)29)21-31-22(38-33-21)20-16-9-10-25(4,5)14-18(16)34(6)32-20/h7-8,13H,9-12,14H2,1-6H3,(H,30,35). The predicted octanol–water partition coefficient (Wildman–Crippen LogP) is 5.57. The monoisotopic (exact) mass is 535 g/mol. The Morgan fingerprint density at radius 3 is 2.66 bits per heavy atom. The lowest BCUT2D eigenvalue weighted by Gasteiger charge is -2.29. The molecule has 0 fully saturated rings. The number of hydrogen-bond acceptors (Lipinski definition) is 7. The van der Waals surface area contributed by atoms with Gasteiger partial charge in [0, 0.05) is 23.9 Å². The third-order valence-corrected chi connectivity index (χ3v) is 6.17. The number of fused-ring (bicyclic) bond motifs is 1. The number of nitrogens with one attached hydrogen (secondary N) is 1. The molecule has 4 rings (SSSR count). The molecular formula is C26H32F3N5O4. The van der Waals surface area contributed by atoms with Crippen LogP contribution >= 0.6 is 0 Å². The van der Waals surface area contributed by atoms with Crippen LogP contribution in [0.2, 0.25) is 0 Å². The maximum atomic E-state index is 13.8. The number of alkyl carbamates (subject to hydrolysis) is 1. The van der Waals surface area contributed by atoms with Crippen LogP contribution in [0.15, 0.2) is 22.7 Å². The molecule has 1 amide bonds. The van der Waals surface area contributed by atoms with E-state index in [1.807, 2.05) is 7.05 Å². The Morgan fingerprint density at radius 1 is 1.24 bits per heavy atom. The van der Waals surface area contributed by atoms with Crippen molar-refractivity contribution >= 4 is 6.09 Å². The fourth-order valence-corrected chi connectivity index (χ4v) is 4.35. The lowest BCUT2D eigenvalue weighted by molar-refractivity contribution is -0.138. The maximum Gasteiger partial charge on any atom is 0.419 e. The van der Waals surface area contributed by atoms with Crippen LogP contribution in [0.25, 0.3) is 23.0 Å². The number of benzene rings is 1. The minimum atomic E-state index is -4.69. The van der Waals surface area contributed by atoms with E-state index in [-0.39, 0.29) is 41.6 Å². The lowest BCUT2D eigenvalue weighted by Crippen LogP contribution is -2.34. The first-order valence-corrected chi connectivity index (χ1v) is 12.3. The highest BCUT2D eigenvalue weighted by Crippen LogP contribution is 2.40. The highest BCUT2D eigenvalue weighted by Gasteiger charge is 2.36. The van der Waals surface area contributed by atoms with Gasteiger partial charge in [0.15, 0.2) is 5.69 Å². The number of halogens is 3. The van der Waals surface area contributed by atoms with Crippen LogP contribution < -0.4 is 10.1 Å². The fourth-order valence-electron chi connectivity index (χ4n) is 4.35. The molecule has 0 saturated carbocycles. The summed E-state index contributed by atoms with van der Waals surface area (Å²) >= 11 is 0. The summed E-state index contributed by atoms with van der Waals surface area (Å²) in [5.74, 6) is -0.199. The molecule has 0 bridgehead atoms. The second kappa shape index (κ2) is 9.95. The largest absolute Gasteiger partial charge is 0.491 e. The summed E-state index contributed by atoms with van der Waals surface area (Å²) in [6.45, 7) is 9.31. The molecule has 12 heteroatoms. The first-order valence-electron chi connectivity index (χ1n) is 12.3. The van der Waals surface area contributed by atoms with Crippen LogP contribution in [-0.4, -0.2) is 44.8 Å². The SMILES string of the molecule is Cn1nc(-c2nc(-c3ccc(OCCNC(=O)OC(C)(C)C)c(C(F)(F)F)c3)no2)c2c1CC(C)(C)CC2. The molecule has 0 atom stereocenters. The number of carbonyl (C=O) groups is 1. The molecule has 0 unspecified atom stereocenters. The van der Waals surface area contributed by atoms with Crippen molar-refractivity contribution in [2.75, 3.05) is 13.2 Å². The van der Waals surface area contributed by atoms with Crippen LogP contribution in [0.4, 0.5) is 18.0 Å². The zero-order valence-corrected chi connectivity index (χ0v) is 22.3. The van der Waals surface area contributed by atoms with Crippen molar-refractivity contribution in [1.82, 2.24) is 25.2 Å². The summed E-state index contributed by atoms with van der Waals surface area (Å²) < 4.78 is 59.2. The van der Waals surface area contributed by atoms with Crippen molar-refractivity contribution in [2.45, 2.75) is 65.7 Å². The predicted molar refractivity (Wildman–Crippen MR) is 132 cm³/mol. The van der Waals surface area contributed by atoms with E-state index in [0.717, 1.165) is 36.6 Å². The smallest absolute Gasteiger partial charge is 0.419 e. The van der Waals surface area contributed by atoms with Crippen molar-refractivity contribution in [3.8, 4) is 28.7 Å². The Labute approximate surface area is 218 Å². The average molecular weight is 536 g/mol. The van der Waals surface area contributed by atoms with Gasteiger partial charge >= 0.3 is 12.3 Å². The second-order valence-corrected chi connectivity index (χ2v) is 11.1. The van der Waals surface area contributed by atoms with Crippen molar-refractivity contribution in [3.05, 3.63) is 35.0 Å². The summed E-state index contributed by atoms with van der Waals surface area (Å²) in [4.78, 5) is 16.1. The van der Waals surface area contributed by atoms with Gasteiger partial charge in [0.05, 0.1) is 12.1 Å². The van der Waals surface area contributed by atoms with Gasteiger partial charge in [-0.25, -0.2) is 4.79 Å². The lowest BCUT2D eigenvalue weighted by atomic mass is 9.76. The minimum Gasteiger partial charge on any atom is -0.491 e. The molecule has 1 N–H and O–H groups in total. The Kier molecular flexibility index (Phi) is 7.19. The van der Waals surface area contributed by atoms with E-state index in [1.165, 1.54) is 12.1 Å². The molecular weight excluding hydrogens is 503 g/mol. The van der Waals surface area contributed by atoms with Crippen molar-refractivity contribution in [1.29, 1.82) is 0 Å². The molecule has 0 aliphatic heterocycles.